The van der Waals surface area contributed by atoms with Crippen molar-refractivity contribution in [2.45, 2.75) is 12.1 Å². The van der Waals surface area contributed by atoms with E-state index in [1.54, 1.807) is 0 Å². The molecule has 0 aliphatic rings. The van der Waals surface area contributed by atoms with Crippen LogP contribution in [0.2, 0.25) is 0 Å². The van der Waals surface area contributed by atoms with Crippen molar-refractivity contribution < 1.29 is 38.9 Å². The van der Waals surface area contributed by atoms with E-state index in [4.69, 9.17) is 0 Å². The number of hydrogen-bond donors (Lipinski definition) is 1. The van der Waals surface area contributed by atoms with Crippen LogP contribution in [0.15, 0.2) is 15.7 Å². The molecule has 0 radical (unpaired) electrons. The number of fused-ring (bicyclic) bond motifs is 1. The van der Waals surface area contributed by atoms with Crippen LogP contribution in [0.4, 0.5) is 26.3 Å². The minimum absolute atomic E-state index is 0.118. The van der Waals surface area contributed by atoms with Gasteiger partial charge in [-0.1, -0.05) is 0 Å². The average molecular weight is 475 g/mol. The van der Waals surface area contributed by atoms with Gasteiger partial charge in [0, 0.05) is 4.47 Å². The van der Waals surface area contributed by atoms with Crippen LogP contribution in [0.25, 0.3) is 11.0 Å². The number of halogens is 7. The van der Waals surface area contributed by atoms with E-state index in [0.29, 0.717) is 5.56 Å². The van der Waals surface area contributed by atoms with Gasteiger partial charge in [-0.15, -0.1) is 0 Å². The van der Waals surface area contributed by atoms with Gasteiger partial charge in [-0.05, 0) is 34.5 Å². The van der Waals surface area contributed by atoms with Crippen LogP contribution in [-0.2, 0) is 10.1 Å². The highest BCUT2D eigenvalue weighted by molar-refractivity contribution is 9.10. The van der Waals surface area contributed by atoms with Crippen LogP contribution in [0, 0.1) is 41.8 Å². The predicted octanol–water partition coefficient (Wildman–Crippen LogP) is 4.24. The van der Waals surface area contributed by atoms with Crippen molar-refractivity contribution in [2.24, 2.45) is 0 Å². The molecule has 0 aliphatic heterocycles. The molecule has 0 bridgehead atoms. The fourth-order valence-electron chi connectivity index (χ4n) is 2.13. The van der Waals surface area contributed by atoms with E-state index < -0.39 is 61.4 Å². The first kappa shape index (κ1) is 19.5. The average Bonchev–Trinajstić information content (AvgIpc) is 3.07. The standard InChI is InChI=1S/C14H5BrF6N2O3S/c1-3-2-4(16)11-12(5(3)15)23-14(22-11)27(24,25)26-13-9(20)7(18)6(17)8(19)10(13)21/h2H,1H3,(H,22,23). The van der Waals surface area contributed by atoms with Crippen molar-refractivity contribution in [1.29, 1.82) is 0 Å². The molecule has 5 nitrogen and oxygen atoms in total. The Morgan fingerprint density at radius 1 is 1.00 bits per heavy atom. The smallest absolute Gasteiger partial charge is 0.370 e. The zero-order chi connectivity index (χ0) is 20.3. The fraction of sp³-hybridized carbons (Fsp3) is 0.0714. The van der Waals surface area contributed by atoms with Gasteiger partial charge in [-0.3, -0.25) is 0 Å². The Kier molecular flexibility index (Phi) is 4.62. The number of rotatable bonds is 3. The third-order valence-electron chi connectivity index (χ3n) is 3.42. The molecule has 0 aliphatic carbocycles. The molecule has 0 spiro atoms. The van der Waals surface area contributed by atoms with Gasteiger partial charge in [0.05, 0.1) is 5.52 Å². The van der Waals surface area contributed by atoms with Crippen LogP contribution < -0.4 is 4.18 Å². The Bertz CT molecular complexity index is 1180. The van der Waals surface area contributed by atoms with E-state index in [1.165, 1.54) is 6.92 Å². The monoisotopic (exact) mass is 474 g/mol. The quantitative estimate of drug-likeness (QED) is 0.267. The third kappa shape index (κ3) is 3.04. The van der Waals surface area contributed by atoms with Crippen LogP contribution in [0.3, 0.4) is 0 Å². The molecule has 0 amide bonds. The summed E-state index contributed by atoms with van der Waals surface area (Å²) in [6, 6.07) is 1.04. The Morgan fingerprint density at radius 2 is 1.52 bits per heavy atom. The lowest BCUT2D eigenvalue weighted by Crippen LogP contribution is -2.15. The number of hydrogen-bond acceptors (Lipinski definition) is 4. The van der Waals surface area contributed by atoms with Gasteiger partial charge in [-0.2, -0.15) is 17.2 Å². The molecule has 27 heavy (non-hydrogen) atoms. The van der Waals surface area contributed by atoms with Gasteiger partial charge in [0.15, 0.2) is 5.82 Å². The minimum Gasteiger partial charge on any atom is -0.370 e. The maximum atomic E-state index is 13.9. The van der Waals surface area contributed by atoms with Crippen molar-refractivity contribution >= 4 is 37.1 Å². The zero-order valence-corrected chi connectivity index (χ0v) is 15.2. The van der Waals surface area contributed by atoms with Gasteiger partial charge in [0.1, 0.15) is 5.52 Å². The molecular formula is C14H5BrF6N2O3S. The molecule has 1 N–H and O–H groups in total. The van der Waals surface area contributed by atoms with Gasteiger partial charge >= 0.3 is 10.1 Å². The Morgan fingerprint density at radius 3 is 2.07 bits per heavy atom. The highest BCUT2D eigenvalue weighted by atomic mass is 79.9. The van der Waals surface area contributed by atoms with Crippen molar-refractivity contribution in [3.63, 3.8) is 0 Å². The molecular weight excluding hydrogens is 470 g/mol. The molecule has 2 aromatic carbocycles. The normalized spacial score (nSPS) is 12.0. The van der Waals surface area contributed by atoms with Crippen molar-refractivity contribution in [1.82, 2.24) is 9.97 Å². The second-order valence-electron chi connectivity index (χ2n) is 5.19. The molecule has 144 valence electrons. The van der Waals surface area contributed by atoms with Gasteiger partial charge in [-0.25, -0.2) is 22.5 Å². The van der Waals surface area contributed by atoms with Crippen molar-refractivity contribution in [3.05, 3.63) is 51.0 Å². The Balaban J connectivity index is 2.16. The molecule has 0 unspecified atom stereocenters. The Hall–Kier alpha value is -2.28. The number of nitrogens with zero attached hydrogens (tertiary/aromatic N) is 1. The number of aryl methyl sites for hydroxylation is 1. The molecule has 0 saturated heterocycles. The number of benzene rings is 2. The zero-order valence-electron chi connectivity index (χ0n) is 12.8. The molecule has 0 atom stereocenters. The predicted molar refractivity (Wildman–Crippen MR) is 82.5 cm³/mol. The number of nitrogens with one attached hydrogen (secondary N) is 1. The molecule has 1 heterocycles. The van der Waals surface area contributed by atoms with Crippen molar-refractivity contribution in [2.75, 3.05) is 0 Å². The maximum Gasteiger partial charge on any atom is 0.373 e. The fourth-order valence-corrected chi connectivity index (χ4v) is 3.40. The summed E-state index contributed by atoms with van der Waals surface area (Å²) in [5.74, 6) is -15.2. The van der Waals surface area contributed by atoms with E-state index in [1.807, 2.05) is 0 Å². The van der Waals surface area contributed by atoms with E-state index in [-0.39, 0.29) is 9.99 Å². The van der Waals surface area contributed by atoms with Gasteiger partial charge in [0.25, 0.3) is 5.16 Å². The number of H-pyrrole nitrogens is 1. The summed E-state index contributed by atoms with van der Waals surface area (Å²) in [4.78, 5) is 5.59. The summed E-state index contributed by atoms with van der Waals surface area (Å²) in [6.07, 6.45) is 0. The van der Waals surface area contributed by atoms with Gasteiger partial charge < -0.3 is 9.17 Å². The Labute approximate surface area is 155 Å². The summed E-state index contributed by atoms with van der Waals surface area (Å²) in [6.45, 7) is 1.49. The topological polar surface area (TPSA) is 72.1 Å². The molecule has 3 rings (SSSR count). The lowest BCUT2D eigenvalue weighted by atomic mass is 10.2. The molecule has 3 aromatic rings. The van der Waals surface area contributed by atoms with E-state index in [2.05, 4.69) is 30.1 Å². The lowest BCUT2D eigenvalue weighted by Gasteiger charge is -2.08. The molecule has 0 saturated carbocycles. The van der Waals surface area contributed by atoms with Crippen LogP contribution in [0.1, 0.15) is 5.56 Å². The SMILES string of the molecule is Cc1cc(F)c2nc(S(=O)(=O)Oc3c(F)c(F)c(F)c(F)c3F)[nH]c2c1Br. The summed E-state index contributed by atoms with van der Waals surface area (Å²) >= 11 is 3.08. The molecule has 0 fully saturated rings. The second kappa shape index (κ2) is 6.41. The first-order valence-corrected chi connectivity index (χ1v) is 8.96. The first-order chi connectivity index (χ1) is 12.5. The largest absolute Gasteiger partial charge is 0.373 e. The van der Waals surface area contributed by atoms with Crippen LogP contribution >= 0.6 is 15.9 Å². The summed E-state index contributed by atoms with van der Waals surface area (Å²) in [7, 11) is -5.20. The summed E-state index contributed by atoms with van der Waals surface area (Å²) < 4.78 is 109. The summed E-state index contributed by atoms with van der Waals surface area (Å²) in [5, 5.41) is -1.10. The van der Waals surface area contributed by atoms with E-state index in [9.17, 15) is 34.8 Å². The van der Waals surface area contributed by atoms with E-state index >= 15 is 0 Å². The van der Waals surface area contributed by atoms with Crippen molar-refractivity contribution in [3.8, 4) is 5.75 Å². The number of aromatic amines is 1. The first-order valence-electron chi connectivity index (χ1n) is 6.76. The summed E-state index contributed by atoms with van der Waals surface area (Å²) in [5.41, 5.74) is -0.201. The minimum atomic E-state index is -5.20. The molecule has 1 aromatic heterocycles. The van der Waals surface area contributed by atoms with Crippen LogP contribution in [-0.4, -0.2) is 18.4 Å². The maximum absolute atomic E-state index is 13.9. The lowest BCUT2D eigenvalue weighted by molar-refractivity contribution is 0.346. The number of imidazole rings is 1. The van der Waals surface area contributed by atoms with Gasteiger partial charge in [0.2, 0.25) is 34.8 Å². The highest BCUT2D eigenvalue weighted by Crippen LogP contribution is 2.33. The third-order valence-corrected chi connectivity index (χ3v) is 5.49. The van der Waals surface area contributed by atoms with Crippen LogP contribution in [0.5, 0.6) is 5.75 Å². The number of aromatic nitrogens is 2. The second-order valence-corrected chi connectivity index (χ2v) is 7.45. The molecule has 13 heteroatoms. The highest BCUT2D eigenvalue weighted by Gasteiger charge is 2.32. The van der Waals surface area contributed by atoms with E-state index in [0.717, 1.165) is 6.07 Å².